The molecule has 0 spiro atoms. The highest BCUT2D eigenvalue weighted by Gasteiger charge is 2.32. The Kier molecular flexibility index (Phi) is 6.35. The Labute approximate surface area is 164 Å². The molecule has 1 unspecified atom stereocenters. The monoisotopic (exact) mass is 400 g/mol. The van der Waals surface area contributed by atoms with Crippen LogP contribution in [0.4, 0.5) is 0 Å². The van der Waals surface area contributed by atoms with Crippen molar-refractivity contribution in [2.75, 3.05) is 6.54 Å². The molecule has 7 heteroatoms. The molecule has 1 aliphatic heterocycles. The summed E-state index contributed by atoms with van der Waals surface area (Å²) in [6, 6.07) is 3.14. The van der Waals surface area contributed by atoms with Crippen LogP contribution in [-0.4, -0.2) is 28.4 Å². The van der Waals surface area contributed by atoms with E-state index in [0.717, 1.165) is 11.3 Å². The number of nitrogens with one attached hydrogen (secondary N) is 1. The summed E-state index contributed by atoms with van der Waals surface area (Å²) in [4.78, 5) is 14.2. The van der Waals surface area contributed by atoms with E-state index in [0.29, 0.717) is 33.0 Å². The van der Waals surface area contributed by atoms with Crippen LogP contribution in [0.2, 0.25) is 10.0 Å². The molecule has 0 radical (unpaired) electrons. The number of nitrogens with zero attached hydrogens (tertiary/aromatic N) is 1. The third-order valence-electron chi connectivity index (χ3n) is 4.00. The van der Waals surface area contributed by atoms with Gasteiger partial charge in [0.2, 0.25) is 0 Å². The fourth-order valence-corrected chi connectivity index (χ4v) is 3.94. The van der Waals surface area contributed by atoms with Crippen LogP contribution in [0.5, 0.6) is 5.75 Å². The van der Waals surface area contributed by atoms with Crippen molar-refractivity contribution in [2.24, 2.45) is 0 Å². The molecule has 0 bridgehead atoms. The number of hydrogen-bond donors (Lipinski definition) is 1. The SMILES string of the molecule is CCN1C(=S)NC(c2cc(Cl)c(OC(C)C)c(Cl)c2)C(C(C)=O)=C1C. The molecule has 0 aromatic heterocycles. The van der Waals surface area contributed by atoms with E-state index in [1.54, 1.807) is 19.1 Å². The van der Waals surface area contributed by atoms with Gasteiger partial charge in [0.1, 0.15) is 0 Å². The minimum atomic E-state index is -0.393. The summed E-state index contributed by atoms with van der Waals surface area (Å²) < 4.78 is 5.67. The summed E-state index contributed by atoms with van der Waals surface area (Å²) in [5.41, 5.74) is 2.27. The molecule has 1 aromatic carbocycles. The van der Waals surface area contributed by atoms with E-state index in [1.165, 1.54) is 0 Å². The lowest BCUT2D eigenvalue weighted by molar-refractivity contribution is -0.114. The van der Waals surface area contributed by atoms with Gasteiger partial charge >= 0.3 is 0 Å². The number of allylic oxidation sites excluding steroid dienone is 1. The van der Waals surface area contributed by atoms with Gasteiger partial charge in [0.05, 0.1) is 22.2 Å². The number of benzene rings is 1. The van der Waals surface area contributed by atoms with Crippen molar-refractivity contribution in [3.63, 3.8) is 0 Å². The number of halogens is 2. The predicted molar refractivity (Wildman–Crippen MR) is 106 cm³/mol. The smallest absolute Gasteiger partial charge is 0.173 e. The third-order valence-corrected chi connectivity index (χ3v) is 4.90. The standard InChI is InChI=1S/C18H22Cl2N2O2S/c1-6-22-10(4)15(11(5)23)16(21-18(22)25)12-7-13(19)17(14(20)8-12)24-9(2)3/h7-9,16H,6H2,1-5H3,(H,21,25). The fourth-order valence-electron chi connectivity index (χ4n) is 2.96. The molecular weight excluding hydrogens is 379 g/mol. The minimum Gasteiger partial charge on any atom is -0.488 e. The van der Waals surface area contributed by atoms with Crippen molar-refractivity contribution in [1.29, 1.82) is 0 Å². The van der Waals surface area contributed by atoms with Crippen LogP contribution in [0.15, 0.2) is 23.4 Å². The Morgan fingerprint density at radius 3 is 2.36 bits per heavy atom. The summed E-state index contributed by atoms with van der Waals surface area (Å²) in [6.45, 7) is 9.93. The number of rotatable bonds is 5. The lowest BCUT2D eigenvalue weighted by atomic mass is 9.92. The van der Waals surface area contributed by atoms with Crippen LogP contribution in [0.1, 0.15) is 46.2 Å². The predicted octanol–water partition coefficient (Wildman–Crippen LogP) is 4.89. The Hall–Kier alpha value is -1.30. The second-order valence-corrected chi connectivity index (χ2v) is 7.36. The molecule has 1 heterocycles. The van der Waals surface area contributed by atoms with E-state index >= 15 is 0 Å². The lowest BCUT2D eigenvalue weighted by Crippen LogP contribution is -2.47. The Morgan fingerprint density at radius 2 is 1.92 bits per heavy atom. The first-order valence-corrected chi connectivity index (χ1v) is 9.29. The maximum Gasteiger partial charge on any atom is 0.173 e. The van der Waals surface area contributed by atoms with E-state index in [9.17, 15) is 4.79 Å². The van der Waals surface area contributed by atoms with Gasteiger partial charge in [-0.3, -0.25) is 4.79 Å². The summed E-state index contributed by atoms with van der Waals surface area (Å²) in [6.07, 6.45) is -0.0470. The normalized spacial score (nSPS) is 17.8. The van der Waals surface area contributed by atoms with Gasteiger partial charge < -0.3 is 15.0 Å². The van der Waals surface area contributed by atoms with Crippen LogP contribution >= 0.6 is 35.4 Å². The number of carbonyl (C=O) groups excluding carboxylic acids is 1. The number of thiocarbonyl (C=S) groups is 1. The zero-order valence-electron chi connectivity index (χ0n) is 14.9. The fraction of sp³-hybridized carbons (Fsp3) is 0.444. The molecule has 1 aliphatic rings. The van der Waals surface area contributed by atoms with Gasteiger partial charge in [-0.05, 0) is 64.5 Å². The number of Topliss-reactive ketones (excluding diaryl/α,β-unsaturated/α-hetero) is 1. The molecule has 1 atom stereocenters. The number of hydrogen-bond acceptors (Lipinski definition) is 3. The number of ether oxygens (including phenoxy) is 1. The van der Waals surface area contributed by atoms with Crippen molar-refractivity contribution >= 4 is 46.3 Å². The highest BCUT2D eigenvalue weighted by Crippen LogP contribution is 2.39. The molecule has 0 saturated carbocycles. The highest BCUT2D eigenvalue weighted by atomic mass is 35.5. The molecule has 1 N–H and O–H groups in total. The largest absolute Gasteiger partial charge is 0.488 e. The zero-order valence-corrected chi connectivity index (χ0v) is 17.3. The van der Waals surface area contributed by atoms with E-state index in [2.05, 4.69) is 5.32 Å². The van der Waals surface area contributed by atoms with E-state index in [1.807, 2.05) is 32.6 Å². The average molecular weight is 401 g/mol. The lowest BCUT2D eigenvalue weighted by Gasteiger charge is -2.37. The Morgan fingerprint density at radius 1 is 1.36 bits per heavy atom. The van der Waals surface area contributed by atoms with Gasteiger partial charge in [-0.1, -0.05) is 23.2 Å². The molecule has 0 saturated heterocycles. The number of carbonyl (C=O) groups is 1. The van der Waals surface area contributed by atoms with Gasteiger partial charge in [0.15, 0.2) is 16.6 Å². The summed E-state index contributed by atoms with van der Waals surface area (Å²) in [7, 11) is 0. The van der Waals surface area contributed by atoms with Crippen molar-refractivity contribution in [2.45, 2.75) is 46.8 Å². The molecule has 25 heavy (non-hydrogen) atoms. The first-order chi connectivity index (χ1) is 11.7. The average Bonchev–Trinajstić information content (AvgIpc) is 2.49. The first-order valence-electron chi connectivity index (χ1n) is 8.12. The minimum absolute atomic E-state index is 0.0225. The van der Waals surface area contributed by atoms with E-state index in [4.69, 9.17) is 40.2 Å². The zero-order chi connectivity index (χ0) is 18.9. The quantitative estimate of drug-likeness (QED) is 0.712. The highest BCUT2D eigenvalue weighted by molar-refractivity contribution is 7.80. The van der Waals surface area contributed by atoms with Gasteiger partial charge in [0.25, 0.3) is 0 Å². The Bertz CT molecular complexity index is 724. The van der Waals surface area contributed by atoms with Crippen LogP contribution in [0.3, 0.4) is 0 Å². The van der Waals surface area contributed by atoms with Crippen molar-refractivity contribution in [1.82, 2.24) is 10.2 Å². The van der Waals surface area contributed by atoms with Crippen LogP contribution in [0.25, 0.3) is 0 Å². The van der Waals surface area contributed by atoms with Crippen molar-refractivity contribution in [3.8, 4) is 5.75 Å². The van der Waals surface area contributed by atoms with Gasteiger partial charge in [-0.2, -0.15) is 0 Å². The first kappa shape index (κ1) is 20.0. The summed E-state index contributed by atoms with van der Waals surface area (Å²) in [5.74, 6) is 0.423. The molecular formula is C18H22Cl2N2O2S. The maximum atomic E-state index is 12.3. The van der Waals surface area contributed by atoms with Gasteiger partial charge in [0, 0.05) is 17.8 Å². The van der Waals surface area contributed by atoms with E-state index < -0.39 is 6.04 Å². The van der Waals surface area contributed by atoms with E-state index in [-0.39, 0.29) is 11.9 Å². The molecule has 2 rings (SSSR count). The third kappa shape index (κ3) is 4.10. The van der Waals surface area contributed by atoms with Gasteiger partial charge in [-0.25, -0.2) is 0 Å². The summed E-state index contributed by atoms with van der Waals surface area (Å²) in [5, 5.41) is 4.61. The topological polar surface area (TPSA) is 41.6 Å². The second-order valence-electron chi connectivity index (χ2n) is 6.16. The van der Waals surface area contributed by atoms with Crippen LogP contribution in [-0.2, 0) is 4.79 Å². The van der Waals surface area contributed by atoms with Crippen molar-refractivity contribution in [3.05, 3.63) is 39.0 Å². The molecule has 4 nitrogen and oxygen atoms in total. The second kappa shape index (κ2) is 7.94. The number of ketones is 1. The Balaban J connectivity index is 2.55. The molecule has 1 aromatic rings. The molecule has 136 valence electrons. The van der Waals surface area contributed by atoms with Crippen molar-refractivity contribution < 1.29 is 9.53 Å². The maximum absolute atomic E-state index is 12.3. The van der Waals surface area contributed by atoms with Crippen LogP contribution in [0, 0.1) is 0 Å². The van der Waals surface area contributed by atoms with Gasteiger partial charge in [-0.15, -0.1) is 0 Å². The molecule has 0 amide bonds. The van der Waals surface area contributed by atoms with Crippen LogP contribution < -0.4 is 10.1 Å². The molecule has 0 aliphatic carbocycles. The summed E-state index contributed by atoms with van der Waals surface area (Å²) >= 11 is 18.2. The molecule has 0 fully saturated rings.